The van der Waals surface area contributed by atoms with E-state index in [1.165, 1.54) is 36.3 Å². The van der Waals surface area contributed by atoms with Crippen molar-refractivity contribution in [3.05, 3.63) is 77.3 Å². The number of nitrogens with zero attached hydrogens (tertiary/aromatic N) is 4. The first-order chi connectivity index (χ1) is 14.1. The van der Waals surface area contributed by atoms with Gasteiger partial charge in [0.1, 0.15) is 5.82 Å². The number of piperazine rings is 1. The summed E-state index contributed by atoms with van der Waals surface area (Å²) in [4.78, 5) is 25.4. The van der Waals surface area contributed by atoms with Gasteiger partial charge in [0.05, 0.1) is 28.7 Å². The van der Waals surface area contributed by atoms with Crippen LogP contribution in [0.4, 0.5) is 21.7 Å². The molecule has 1 aliphatic heterocycles. The Morgan fingerprint density at radius 3 is 2.24 bits per heavy atom. The molecule has 1 saturated heterocycles. The topological polar surface area (TPSA) is 61.4 Å². The van der Waals surface area contributed by atoms with Gasteiger partial charge in [-0.05, 0) is 24.3 Å². The maximum atomic E-state index is 13.9. The van der Waals surface area contributed by atoms with Crippen LogP contribution in [0.5, 0.6) is 0 Å². The van der Waals surface area contributed by atoms with E-state index in [-0.39, 0.29) is 10.6 Å². The lowest BCUT2D eigenvalue weighted by Gasteiger charge is -2.36. The van der Waals surface area contributed by atoms with Crippen LogP contribution in [0.15, 0.2) is 60.9 Å². The summed E-state index contributed by atoms with van der Waals surface area (Å²) in [6.07, 6.45) is 3.02. The zero-order chi connectivity index (χ0) is 20.2. The molecule has 148 valence electrons. The average Bonchev–Trinajstić information content (AvgIpc) is 2.75. The van der Waals surface area contributed by atoms with E-state index in [1.807, 2.05) is 18.2 Å². The second-order valence-electron chi connectivity index (χ2n) is 6.63. The van der Waals surface area contributed by atoms with E-state index >= 15 is 0 Å². The number of para-hydroxylation sites is 1. The molecule has 2 heterocycles. The van der Waals surface area contributed by atoms with Gasteiger partial charge in [-0.15, -0.1) is 0 Å². The molecule has 0 radical (unpaired) electrons. The lowest BCUT2D eigenvalue weighted by molar-refractivity contribution is 0.102. The molecule has 1 fully saturated rings. The lowest BCUT2D eigenvalue weighted by atomic mass is 10.2. The number of amides is 1. The first-order valence-corrected chi connectivity index (χ1v) is 9.62. The molecule has 0 atom stereocenters. The van der Waals surface area contributed by atoms with Crippen LogP contribution in [0, 0.1) is 5.82 Å². The average molecular weight is 412 g/mol. The van der Waals surface area contributed by atoms with Crippen LogP contribution in [-0.2, 0) is 0 Å². The summed E-state index contributed by atoms with van der Waals surface area (Å²) < 4.78 is 13.9. The first kappa shape index (κ1) is 19.1. The standard InChI is InChI=1S/C21H19ClFN5O/c22-17-7-4-8-18(23)19(17)20(29)26-15-13-24-21(25-14-15)28-11-9-27(10-12-28)16-5-2-1-3-6-16/h1-8,13-14H,9-12H2,(H,26,29). The fourth-order valence-corrected chi connectivity index (χ4v) is 3.51. The van der Waals surface area contributed by atoms with E-state index in [2.05, 4.69) is 37.2 Å². The maximum Gasteiger partial charge on any atom is 0.260 e. The third kappa shape index (κ3) is 4.30. The third-order valence-corrected chi connectivity index (χ3v) is 5.08. The molecule has 2 aromatic carbocycles. The monoisotopic (exact) mass is 411 g/mol. The van der Waals surface area contributed by atoms with Crippen LogP contribution in [0.1, 0.15) is 10.4 Å². The fourth-order valence-electron chi connectivity index (χ4n) is 3.26. The number of nitrogens with one attached hydrogen (secondary N) is 1. The number of hydrogen-bond acceptors (Lipinski definition) is 5. The molecule has 1 aromatic heterocycles. The molecule has 6 nitrogen and oxygen atoms in total. The molecule has 3 aromatic rings. The fraction of sp³-hybridized carbons (Fsp3) is 0.190. The van der Waals surface area contributed by atoms with Gasteiger partial charge in [-0.2, -0.15) is 0 Å². The number of anilines is 3. The Bertz CT molecular complexity index is 971. The highest BCUT2D eigenvalue weighted by Gasteiger charge is 2.20. The van der Waals surface area contributed by atoms with Crippen molar-refractivity contribution in [3.8, 4) is 0 Å². The van der Waals surface area contributed by atoms with E-state index in [0.29, 0.717) is 11.6 Å². The van der Waals surface area contributed by atoms with Crippen molar-refractivity contribution in [1.29, 1.82) is 0 Å². The summed E-state index contributed by atoms with van der Waals surface area (Å²) in [5, 5.41) is 2.64. The normalized spacial score (nSPS) is 14.0. The van der Waals surface area contributed by atoms with Gasteiger partial charge in [-0.3, -0.25) is 4.79 Å². The van der Waals surface area contributed by atoms with Crippen molar-refractivity contribution in [2.45, 2.75) is 0 Å². The highest BCUT2D eigenvalue weighted by Crippen LogP contribution is 2.21. The molecule has 8 heteroatoms. The van der Waals surface area contributed by atoms with Gasteiger partial charge in [0.25, 0.3) is 5.91 Å². The number of aromatic nitrogens is 2. The largest absolute Gasteiger partial charge is 0.368 e. The summed E-state index contributed by atoms with van der Waals surface area (Å²) >= 11 is 5.93. The number of halogens is 2. The first-order valence-electron chi connectivity index (χ1n) is 9.24. The maximum absolute atomic E-state index is 13.9. The Labute approximate surface area is 173 Å². The van der Waals surface area contributed by atoms with Gasteiger partial charge in [-0.25, -0.2) is 14.4 Å². The Morgan fingerprint density at radius 1 is 0.931 bits per heavy atom. The molecule has 4 rings (SSSR count). The van der Waals surface area contributed by atoms with Crippen molar-refractivity contribution in [2.24, 2.45) is 0 Å². The van der Waals surface area contributed by atoms with E-state index in [4.69, 9.17) is 11.6 Å². The molecule has 0 aliphatic carbocycles. The molecule has 1 N–H and O–H groups in total. The van der Waals surface area contributed by atoms with E-state index in [1.54, 1.807) is 0 Å². The van der Waals surface area contributed by atoms with Crippen molar-refractivity contribution < 1.29 is 9.18 Å². The Morgan fingerprint density at radius 2 is 1.59 bits per heavy atom. The molecule has 1 amide bonds. The second-order valence-corrected chi connectivity index (χ2v) is 7.04. The van der Waals surface area contributed by atoms with Crippen molar-refractivity contribution in [3.63, 3.8) is 0 Å². The van der Waals surface area contributed by atoms with Crippen LogP contribution in [0.2, 0.25) is 5.02 Å². The highest BCUT2D eigenvalue weighted by molar-refractivity contribution is 6.34. The van der Waals surface area contributed by atoms with Crippen LogP contribution in [0.25, 0.3) is 0 Å². The lowest BCUT2D eigenvalue weighted by Crippen LogP contribution is -2.47. The van der Waals surface area contributed by atoms with Gasteiger partial charge < -0.3 is 15.1 Å². The quantitative estimate of drug-likeness (QED) is 0.706. The predicted molar refractivity (Wildman–Crippen MR) is 112 cm³/mol. The summed E-state index contributed by atoms with van der Waals surface area (Å²) in [6, 6.07) is 14.4. The molecule has 0 spiro atoms. The highest BCUT2D eigenvalue weighted by atomic mass is 35.5. The molecular formula is C21H19ClFN5O. The SMILES string of the molecule is O=C(Nc1cnc(N2CCN(c3ccccc3)CC2)nc1)c1c(F)cccc1Cl. The summed E-state index contributed by atoms with van der Waals surface area (Å²) in [5.74, 6) is -0.718. The van der Waals surface area contributed by atoms with Crippen molar-refractivity contribution in [2.75, 3.05) is 41.3 Å². The molecule has 0 saturated carbocycles. The van der Waals surface area contributed by atoms with E-state index in [0.717, 1.165) is 26.2 Å². The molecule has 0 unspecified atom stereocenters. The van der Waals surface area contributed by atoms with Crippen molar-refractivity contribution >= 4 is 34.8 Å². The van der Waals surface area contributed by atoms with E-state index in [9.17, 15) is 9.18 Å². The van der Waals surface area contributed by atoms with Crippen LogP contribution < -0.4 is 15.1 Å². The number of carbonyl (C=O) groups excluding carboxylic acids is 1. The van der Waals surface area contributed by atoms with Crippen molar-refractivity contribution in [1.82, 2.24) is 9.97 Å². The molecule has 29 heavy (non-hydrogen) atoms. The minimum absolute atomic E-state index is 0.0522. The Hall–Kier alpha value is -3.19. The number of benzene rings is 2. The zero-order valence-corrected chi connectivity index (χ0v) is 16.3. The Kier molecular flexibility index (Phi) is 5.57. The van der Waals surface area contributed by atoms with Gasteiger partial charge in [0, 0.05) is 31.9 Å². The second kappa shape index (κ2) is 8.45. The van der Waals surface area contributed by atoms with Gasteiger partial charge >= 0.3 is 0 Å². The minimum atomic E-state index is -0.677. The van der Waals surface area contributed by atoms with Crippen LogP contribution in [0.3, 0.4) is 0 Å². The zero-order valence-electron chi connectivity index (χ0n) is 15.6. The smallest absolute Gasteiger partial charge is 0.260 e. The van der Waals surface area contributed by atoms with Crippen LogP contribution >= 0.6 is 11.6 Å². The number of carbonyl (C=O) groups is 1. The summed E-state index contributed by atoms with van der Waals surface area (Å²) in [7, 11) is 0. The molecule has 1 aliphatic rings. The van der Waals surface area contributed by atoms with Crippen LogP contribution in [-0.4, -0.2) is 42.1 Å². The molecule has 0 bridgehead atoms. The predicted octanol–water partition coefficient (Wildman–Crippen LogP) is 3.85. The summed E-state index contributed by atoms with van der Waals surface area (Å²) in [5.41, 5.74) is 1.38. The van der Waals surface area contributed by atoms with Gasteiger partial charge in [0.15, 0.2) is 0 Å². The number of hydrogen-bond donors (Lipinski definition) is 1. The number of rotatable bonds is 4. The third-order valence-electron chi connectivity index (χ3n) is 4.77. The Balaban J connectivity index is 1.38. The van der Waals surface area contributed by atoms with Gasteiger partial charge in [0.2, 0.25) is 5.95 Å². The summed E-state index contributed by atoms with van der Waals surface area (Å²) in [6.45, 7) is 3.34. The molecular weight excluding hydrogens is 393 g/mol. The minimum Gasteiger partial charge on any atom is -0.368 e. The van der Waals surface area contributed by atoms with E-state index < -0.39 is 11.7 Å². The van der Waals surface area contributed by atoms with Gasteiger partial charge in [-0.1, -0.05) is 35.9 Å².